The molecule has 0 fully saturated rings. The van der Waals surface area contributed by atoms with Crippen LogP contribution in [0.5, 0.6) is 0 Å². The maximum atomic E-state index is 6.42. The third kappa shape index (κ3) is 3.16. The Morgan fingerprint density at radius 2 is 2.15 bits per heavy atom. The van der Waals surface area contributed by atoms with Crippen LogP contribution in [0.15, 0.2) is 18.5 Å². The second-order valence-electron chi connectivity index (χ2n) is 4.67. The molecule has 5 nitrogen and oxygen atoms in total. The van der Waals surface area contributed by atoms with Crippen LogP contribution >= 0.6 is 11.6 Å². The lowest BCUT2D eigenvalue weighted by Gasteiger charge is -2.18. The number of hydrogen-bond acceptors (Lipinski definition) is 4. The molecular formula is C14H20ClN5. The van der Waals surface area contributed by atoms with Crippen molar-refractivity contribution in [3.63, 3.8) is 0 Å². The summed E-state index contributed by atoms with van der Waals surface area (Å²) in [5.41, 5.74) is 3.11. The fourth-order valence-corrected chi connectivity index (χ4v) is 2.67. The number of rotatable bonds is 6. The largest absolute Gasteiger partial charge is 0.310 e. The van der Waals surface area contributed by atoms with E-state index in [1.807, 2.05) is 17.8 Å². The number of aromatic nitrogens is 4. The van der Waals surface area contributed by atoms with E-state index in [1.54, 1.807) is 12.4 Å². The molecule has 2 rings (SSSR count). The third-order valence-electron chi connectivity index (χ3n) is 3.36. The first-order valence-corrected chi connectivity index (χ1v) is 7.25. The fourth-order valence-electron chi connectivity index (χ4n) is 2.30. The first-order chi connectivity index (χ1) is 9.67. The minimum absolute atomic E-state index is 0.160. The van der Waals surface area contributed by atoms with Gasteiger partial charge in [0.05, 0.1) is 22.6 Å². The summed E-state index contributed by atoms with van der Waals surface area (Å²) in [5.74, 6) is 0. The van der Waals surface area contributed by atoms with Crippen LogP contribution in [0.3, 0.4) is 0 Å². The van der Waals surface area contributed by atoms with E-state index in [9.17, 15) is 0 Å². The van der Waals surface area contributed by atoms with Crippen LogP contribution in [-0.2, 0) is 19.9 Å². The van der Waals surface area contributed by atoms with Crippen LogP contribution in [0.25, 0.3) is 0 Å². The molecule has 0 radical (unpaired) electrons. The van der Waals surface area contributed by atoms with Crippen LogP contribution < -0.4 is 5.32 Å². The molecule has 0 bridgehead atoms. The van der Waals surface area contributed by atoms with Crippen molar-refractivity contribution in [2.45, 2.75) is 32.7 Å². The SMILES string of the molecule is CCNC(Cc1c(Cl)c(CC)nn1C)c1ccnnc1. The zero-order valence-corrected chi connectivity index (χ0v) is 12.9. The molecule has 0 amide bonds. The van der Waals surface area contributed by atoms with Gasteiger partial charge in [-0.25, -0.2) is 0 Å². The average molecular weight is 294 g/mol. The highest BCUT2D eigenvalue weighted by molar-refractivity contribution is 6.31. The molecule has 2 heterocycles. The summed E-state index contributed by atoms with van der Waals surface area (Å²) in [4.78, 5) is 0. The predicted octanol–water partition coefficient (Wildman–Crippen LogP) is 2.32. The average Bonchev–Trinajstić information content (AvgIpc) is 2.75. The molecule has 0 saturated carbocycles. The van der Waals surface area contributed by atoms with Crippen molar-refractivity contribution in [1.82, 2.24) is 25.3 Å². The number of nitrogens with zero attached hydrogens (tertiary/aromatic N) is 4. The number of hydrogen-bond donors (Lipinski definition) is 1. The Morgan fingerprint density at radius 3 is 2.70 bits per heavy atom. The third-order valence-corrected chi connectivity index (χ3v) is 3.80. The van der Waals surface area contributed by atoms with Gasteiger partial charge in [0, 0.05) is 25.7 Å². The topological polar surface area (TPSA) is 55.6 Å². The normalized spacial score (nSPS) is 12.6. The summed E-state index contributed by atoms with van der Waals surface area (Å²) in [6, 6.07) is 2.14. The summed E-state index contributed by atoms with van der Waals surface area (Å²) in [6.45, 7) is 5.03. The number of halogens is 1. The van der Waals surface area contributed by atoms with Crippen molar-refractivity contribution in [3.05, 3.63) is 40.4 Å². The summed E-state index contributed by atoms with van der Waals surface area (Å²) in [7, 11) is 1.94. The Kier molecular flexibility index (Phi) is 5.09. The molecule has 2 aromatic rings. The number of aryl methyl sites for hydroxylation is 2. The summed E-state index contributed by atoms with van der Waals surface area (Å²) in [6.07, 6.45) is 5.12. The first kappa shape index (κ1) is 14.9. The summed E-state index contributed by atoms with van der Waals surface area (Å²) < 4.78 is 1.88. The molecule has 0 aliphatic rings. The zero-order valence-electron chi connectivity index (χ0n) is 12.1. The van der Waals surface area contributed by atoms with E-state index in [2.05, 4.69) is 34.5 Å². The maximum absolute atomic E-state index is 6.42. The van der Waals surface area contributed by atoms with Crippen molar-refractivity contribution >= 4 is 11.6 Å². The Hall–Kier alpha value is -1.46. The molecule has 108 valence electrons. The Bertz CT molecular complexity index is 552. The second kappa shape index (κ2) is 6.81. The van der Waals surface area contributed by atoms with Crippen LogP contribution in [0.4, 0.5) is 0 Å². The zero-order chi connectivity index (χ0) is 14.5. The van der Waals surface area contributed by atoms with Crippen LogP contribution in [0, 0.1) is 0 Å². The Labute approximate surface area is 124 Å². The van der Waals surface area contributed by atoms with E-state index in [-0.39, 0.29) is 6.04 Å². The van der Waals surface area contributed by atoms with Gasteiger partial charge < -0.3 is 5.32 Å². The molecule has 6 heteroatoms. The van der Waals surface area contributed by atoms with Gasteiger partial charge in [0.1, 0.15) is 0 Å². The van der Waals surface area contributed by atoms with E-state index in [4.69, 9.17) is 11.6 Å². The molecule has 0 spiro atoms. The first-order valence-electron chi connectivity index (χ1n) is 6.87. The Balaban J connectivity index is 2.27. The minimum atomic E-state index is 0.160. The van der Waals surface area contributed by atoms with E-state index < -0.39 is 0 Å². The molecule has 2 aromatic heterocycles. The van der Waals surface area contributed by atoms with Gasteiger partial charge in [0.15, 0.2) is 0 Å². The smallest absolute Gasteiger partial charge is 0.0850 e. The van der Waals surface area contributed by atoms with Crippen molar-refractivity contribution in [2.75, 3.05) is 6.54 Å². The van der Waals surface area contributed by atoms with Gasteiger partial charge in [-0.15, -0.1) is 0 Å². The molecule has 1 unspecified atom stereocenters. The number of nitrogens with one attached hydrogen (secondary N) is 1. The van der Waals surface area contributed by atoms with Gasteiger partial charge in [0.25, 0.3) is 0 Å². The lowest BCUT2D eigenvalue weighted by molar-refractivity contribution is 0.526. The second-order valence-corrected chi connectivity index (χ2v) is 5.05. The van der Waals surface area contributed by atoms with Crippen molar-refractivity contribution in [3.8, 4) is 0 Å². The van der Waals surface area contributed by atoms with E-state index >= 15 is 0 Å². The highest BCUT2D eigenvalue weighted by Gasteiger charge is 2.19. The lowest BCUT2D eigenvalue weighted by Crippen LogP contribution is -2.24. The minimum Gasteiger partial charge on any atom is -0.310 e. The van der Waals surface area contributed by atoms with Gasteiger partial charge in [-0.2, -0.15) is 15.3 Å². The van der Waals surface area contributed by atoms with Crippen molar-refractivity contribution in [1.29, 1.82) is 0 Å². The molecule has 0 aliphatic carbocycles. The van der Waals surface area contributed by atoms with E-state index in [1.165, 1.54) is 0 Å². The summed E-state index contributed by atoms with van der Waals surface area (Å²) in [5, 5.41) is 16.5. The molecule has 1 N–H and O–H groups in total. The molecule has 1 atom stereocenters. The van der Waals surface area contributed by atoms with E-state index in [0.29, 0.717) is 0 Å². The van der Waals surface area contributed by atoms with Gasteiger partial charge in [-0.1, -0.05) is 25.4 Å². The molecule has 0 saturated heterocycles. The standard InChI is InChI=1S/C14H20ClN5/c1-4-11-14(15)13(20(3)19-11)8-12(16-5-2)10-6-7-17-18-9-10/h6-7,9,12,16H,4-5,8H2,1-3H3. The molecular weight excluding hydrogens is 274 g/mol. The van der Waals surface area contributed by atoms with E-state index in [0.717, 1.165) is 41.4 Å². The highest BCUT2D eigenvalue weighted by Crippen LogP contribution is 2.26. The quantitative estimate of drug-likeness (QED) is 0.888. The van der Waals surface area contributed by atoms with Crippen molar-refractivity contribution in [2.24, 2.45) is 7.05 Å². The van der Waals surface area contributed by atoms with Crippen LogP contribution in [0.1, 0.15) is 36.8 Å². The predicted molar refractivity (Wildman–Crippen MR) is 79.7 cm³/mol. The van der Waals surface area contributed by atoms with Gasteiger partial charge in [-0.3, -0.25) is 4.68 Å². The molecule has 0 aromatic carbocycles. The fraction of sp³-hybridized carbons (Fsp3) is 0.500. The van der Waals surface area contributed by atoms with Crippen LogP contribution in [0.2, 0.25) is 5.02 Å². The highest BCUT2D eigenvalue weighted by atomic mass is 35.5. The van der Waals surface area contributed by atoms with Gasteiger partial charge >= 0.3 is 0 Å². The summed E-state index contributed by atoms with van der Waals surface area (Å²) >= 11 is 6.42. The number of likely N-dealkylation sites (N-methyl/N-ethyl adjacent to an activating group) is 1. The molecule has 0 aliphatic heterocycles. The lowest BCUT2D eigenvalue weighted by atomic mass is 10.0. The van der Waals surface area contributed by atoms with Crippen molar-refractivity contribution < 1.29 is 0 Å². The molecule has 20 heavy (non-hydrogen) atoms. The van der Waals surface area contributed by atoms with Gasteiger partial charge in [-0.05, 0) is 24.6 Å². The Morgan fingerprint density at radius 1 is 1.35 bits per heavy atom. The monoisotopic (exact) mass is 293 g/mol. The van der Waals surface area contributed by atoms with Gasteiger partial charge in [0.2, 0.25) is 0 Å². The maximum Gasteiger partial charge on any atom is 0.0850 e. The van der Waals surface area contributed by atoms with Crippen LogP contribution in [-0.4, -0.2) is 26.5 Å².